The zero-order valence-corrected chi connectivity index (χ0v) is 13.0. The second-order valence-electron chi connectivity index (χ2n) is 5.17. The van der Waals surface area contributed by atoms with Crippen LogP contribution in [-0.2, 0) is 6.42 Å². The molecule has 2 aromatic rings. The number of hydrogen-bond donors (Lipinski definition) is 1. The molecule has 0 amide bonds. The van der Waals surface area contributed by atoms with Gasteiger partial charge in [0.1, 0.15) is 5.03 Å². The third kappa shape index (κ3) is 2.90. The molecule has 2 atom stereocenters. The highest BCUT2D eigenvalue weighted by atomic mass is 32.2. The number of nitrogens with two attached hydrogens (primary N) is 1. The van der Waals surface area contributed by atoms with Crippen molar-refractivity contribution in [3.8, 4) is 0 Å². The van der Waals surface area contributed by atoms with Gasteiger partial charge in [-0.3, -0.25) is 4.40 Å². The Morgan fingerprint density at radius 1 is 1.39 bits per heavy atom. The zero-order valence-electron chi connectivity index (χ0n) is 11.4. The maximum atomic E-state index is 5.96. The fraction of sp³-hybridized carbons (Fsp3) is 0.615. The third-order valence-electron chi connectivity index (χ3n) is 3.08. The number of nitrogens with zero attached hydrogens (tertiary/aromatic N) is 2. The average Bonchev–Trinajstić information content (AvgIpc) is 2.82. The van der Waals surface area contributed by atoms with Crippen LogP contribution in [0, 0.1) is 5.92 Å². The summed E-state index contributed by atoms with van der Waals surface area (Å²) >= 11 is 3.55. The Hall–Kier alpha value is -0.520. The zero-order chi connectivity index (χ0) is 13.3. The normalized spacial score (nSPS) is 15.4. The third-order valence-corrected chi connectivity index (χ3v) is 5.30. The van der Waals surface area contributed by atoms with Crippen molar-refractivity contribution in [3.63, 3.8) is 0 Å². The lowest BCUT2D eigenvalue weighted by Crippen LogP contribution is -2.19. The van der Waals surface area contributed by atoms with E-state index in [1.807, 2.05) is 18.7 Å². The van der Waals surface area contributed by atoms with Crippen molar-refractivity contribution in [2.45, 2.75) is 50.4 Å². The summed E-state index contributed by atoms with van der Waals surface area (Å²) in [6.07, 6.45) is 2.97. The minimum Gasteiger partial charge on any atom is -0.328 e. The summed E-state index contributed by atoms with van der Waals surface area (Å²) < 4.78 is 2.18. The lowest BCUT2D eigenvalue weighted by atomic mass is 10.2. The fourth-order valence-corrected chi connectivity index (χ4v) is 3.58. The SMILES string of the molecule is CC(N)Cc1c(SC(C)C(C)C)nc2sccn12. The molecule has 2 rings (SSSR count). The molecule has 3 nitrogen and oxygen atoms in total. The molecular weight excluding hydrogens is 262 g/mol. The Morgan fingerprint density at radius 2 is 2.11 bits per heavy atom. The van der Waals surface area contributed by atoms with Gasteiger partial charge in [0.2, 0.25) is 0 Å². The number of thiazole rings is 1. The topological polar surface area (TPSA) is 43.3 Å². The van der Waals surface area contributed by atoms with Gasteiger partial charge in [-0.25, -0.2) is 4.98 Å². The molecule has 0 fully saturated rings. The molecule has 0 saturated heterocycles. The lowest BCUT2D eigenvalue weighted by Gasteiger charge is -2.15. The summed E-state index contributed by atoms with van der Waals surface area (Å²) in [4.78, 5) is 5.81. The maximum Gasteiger partial charge on any atom is 0.194 e. The van der Waals surface area contributed by atoms with Gasteiger partial charge >= 0.3 is 0 Å². The van der Waals surface area contributed by atoms with E-state index in [-0.39, 0.29) is 6.04 Å². The van der Waals surface area contributed by atoms with Crippen LogP contribution in [0.25, 0.3) is 4.96 Å². The van der Waals surface area contributed by atoms with Crippen LogP contribution < -0.4 is 5.73 Å². The molecule has 0 bridgehead atoms. The van der Waals surface area contributed by atoms with Crippen molar-refractivity contribution in [1.82, 2.24) is 9.38 Å². The molecule has 0 aromatic carbocycles. The first kappa shape index (κ1) is 13.9. The fourth-order valence-electron chi connectivity index (χ4n) is 1.71. The van der Waals surface area contributed by atoms with Gasteiger partial charge in [-0.1, -0.05) is 20.8 Å². The van der Waals surface area contributed by atoms with E-state index >= 15 is 0 Å². The van der Waals surface area contributed by atoms with Crippen molar-refractivity contribution in [3.05, 3.63) is 17.3 Å². The van der Waals surface area contributed by atoms with Crippen LogP contribution in [0.15, 0.2) is 16.6 Å². The molecule has 2 aromatic heterocycles. The van der Waals surface area contributed by atoms with E-state index in [1.165, 1.54) is 5.69 Å². The molecule has 0 aliphatic rings. The number of aromatic nitrogens is 2. The monoisotopic (exact) mass is 283 g/mol. The highest BCUT2D eigenvalue weighted by Crippen LogP contribution is 2.32. The van der Waals surface area contributed by atoms with E-state index in [2.05, 4.69) is 36.7 Å². The van der Waals surface area contributed by atoms with Crippen molar-refractivity contribution >= 4 is 28.1 Å². The molecule has 2 N–H and O–H groups in total. The highest BCUT2D eigenvalue weighted by molar-refractivity contribution is 7.99. The van der Waals surface area contributed by atoms with Gasteiger partial charge in [0.05, 0.1) is 5.69 Å². The smallest absolute Gasteiger partial charge is 0.194 e. The Labute approximate surface area is 117 Å². The number of hydrogen-bond acceptors (Lipinski definition) is 4. The number of thioether (sulfide) groups is 1. The maximum absolute atomic E-state index is 5.96. The number of rotatable bonds is 5. The average molecular weight is 283 g/mol. The standard InChI is InChI=1S/C13H21N3S2/c1-8(2)10(4)18-12-11(7-9(3)14)16-5-6-17-13(16)15-12/h5-6,8-10H,7,14H2,1-4H3. The van der Waals surface area contributed by atoms with Crippen LogP contribution in [0.1, 0.15) is 33.4 Å². The van der Waals surface area contributed by atoms with Crippen molar-refractivity contribution < 1.29 is 0 Å². The van der Waals surface area contributed by atoms with E-state index in [0.717, 1.165) is 16.4 Å². The Bertz CT molecular complexity index is 513. The van der Waals surface area contributed by atoms with E-state index in [9.17, 15) is 0 Å². The first-order chi connectivity index (χ1) is 8.49. The van der Waals surface area contributed by atoms with Gasteiger partial charge in [0, 0.05) is 29.3 Å². The Balaban J connectivity index is 2.33. The van der Waals surface area contributed by atoms with Gasteiger partial charge in [-0.05, 0) is 12.8 Å². The Kier molecular flexibility index (Phi) is 4.35. The molecule has 0 aliphatic carbocycles. The molecule has 2 heterocycles. The van der Waals surface area contributed by atoms with E-state index in [0.29, 0.717) is 11.2 Å². The first-order valence-electron chi connectivity index (χ1n) is 6.35. The van der Waals surface area contributed by atoms with Crippen LogP contribution >= 0.6 is 23.1 Å². The van der Waals surface area contributed by atoms with Gasteiger partial charge < -0.3 is 5.73 Å². The van der Waals surface area contributed by atoms with Crippen molar-refractivity contribution in [2.24, 2.45) is 11.7 Å². The van der Waals surface area contributed by atoms with Crippen LogP contribution in [0.4, 0.5) is 0 Å². The summed E-state index contributed by atoms with van der Waals surface area (Å²) in [5, 5.41) is 3.80. The number of fused-ring (bicyclic) bond motifs is 1. The summed E-state index contributed by atoms with van der Waals surface area (Å²) in [5.74, 6) is 0.651. The lowest BCUT2D eigenvalue weighted by molar-refractivity contribution is 0.640. The molecular formula is C13H21N3S2. The van der Waals surface area contributed by atoms with Gasteiger partial charge in [0.15, 0.2) is 4.96 Å². The van der Waals surface area contributed by atoms with Crippen LogP contribution in [-0.4, -0.2) is 20.7 Å². The van der Waals surface area contributed by atoms with Gasteiger partial charge in [-0.15, -0.1) is 23.1 Å². The second-order valence-corrected chi connectivity index (χ2v) is 7.41. The van der Waals surface area contributed by atoms with Crippen LogP contribution in [0.2, 0.25) is 0 Å². The number of imidazole rings is 1. The molecule has 2 unspecified atom stereocenters. The largest absolute Gasteiger partial charge is 0.328 e. The molecule has 0 spiro atoms. The molecule has 5 heteroatoms. The summed E-state index contributed by atoms with van der Waals surface area (Å²) in [5.41, 5.74) is 7.22. The highest BCUT2D eigenvalue weighted by Gasteiger charge is 2.18. The molecule has 0 radical (unpaired) electrons. The summed E-state index contributed by atoms with van der Waals surface area (Å²) in [6, 6.07) is 0.165. The summed E-state index contributed by atoms with van der Waals surface area (Å²) in [6.45, 7) is 8.81. The summed E-state index contributed by atoms with van der Waals surface area (Å²) in [7, 11) is 0. The first-order valence-corrected chi connectivity index (χ1v) is 8.11. The van der Waals surface area contributed by atoms with Crippen molar-refractivity contribution in [2.75, 3.05) is 0 Å². The molecule has 100 valence electrons. The molecule has 0 saturated carbocycles. The van der Waals surface area contributed by atoms with Crippen LogP contribution in [0.5, 0.6) is 0 Å². The van der Waals surface area contributed by atoms with Gasteiger partial charge in [0.25, 0.3) is 0 Å². The second kappa shape index (κ2) is 5.63. The quantitative estimate of drug-likeness (QED) is 0.855. The predicted octanol–water partition coefficient (Wildman–Crippen LogP) is 3.42. The molecule has 18 heavy (non-hydrogen) atoms. The molecule has 0 aliphatic heterocycles. The van der Waals surface area contributed by atoms with E-state index in [4.69, 9.17) is 10.7 Å². The minimum absolute atomic E-state index is 0.165. The van der Waals surface area contributed by atoms with Crippen LogP contribution in [0.3, 0.4) is 0 Å². The van der Waals surface area contributed by atoms with Crippen molar-refractivity contribution in [1.29, 1.82) is 0 Å². The minimum atomic E-state index is 0.165. The van der Waals surface area contributed by atoms with E-state index < -0.39 is 0 Å². The van der Waals surface area contributed by atoms with Gasteiger partial charge in [-0.2, -0.15) is 0 Å². The Morgan fingerprint density at radius 3 is 2.72 bits per heavy atom. The predicted molar refractivity (Wildman–Crippen MR) is 80.6 cm³/mol. The van der Waals surface area contributed by atoms with E-state index in [1.54, 1.807) is 11.3 Å².